The quantitative estimate of drug-likeness (QED) is 0.826. The molecule has 2 unspecified atom stereocenters. The van der Waals surface area contributed by atoms with Gasteiger partial charge in [-0.1, -0.05) is 19.8 Å². The molecule has 98 valence electrons. The van der Waals surface area contributed by atoms with Crippen molar-refractivity contribution in [2.24, 2.45) is 5.92 Å². The van der Waals surface area contributed by atoms with Crippen molar-refractivity contribution in [3.05, 3.63) is 22.8 Å². The number of aromatic nitrogens is 2. The lowest BCUT2D eigenvalue weighted by molar-refractivity contribution is 0.334. The molecule has 1 fully saturated rings. The van der Waals surface area contributed by atoms with Gasteiger partial charge in [-0.3, -0.25) is 0 Å². The molecule has 1 aliphatic carbocycles. The molecule has 0 spiro atoms. The minimum atomic E-state index is 0.604. The Labute approximate surface area is 109 Å². The number of rotatable bonds is 1. The van der Waals surface area contributed by atoms with E-state index in [0.717, 1.165) is 31.3 Å². The van der Waals surface area contributed by atoms with Gasteiger partial charge in [-0.2, -0.15) is 0 Å². The van der Waals surface area contributed by atoms with Gasteiger partial charge in [-0.05, 0) is 25.7 Å². The summed E-state index contributed by atoms with van der Waals surface area (Å²) in [4.78, 5) is 9.67. The monoisotopic (exact) mass is 245 g/mol. The standard InChI is InChI=1S/C15H23N3/c1-10-4-3-5-12(8-10)15-17-11(2)13-9-16-7-6-14(13)18-15/h10,12,16H,3-9H2,1-2H3. The van der Waals surface area contributed by atoms with Gasteiger partial charge < -0.3 is 5.32 Å². The molecule has 1 aromatic rings. The predicted molar refractivity (Wildman–Crippen MR) is 72.6 cm³/mol. The molecule has 3 nitrogen and oxygen atoms in total. The smallest absolute Gasteiger partial charge is 0.131 e. The molecule has 1 aromatic heterocycles. The van der Waals surface area contributed by atoms with Gasteiger partial charge in [-0.15, -0.1) is 0 Å². The predicted octanol–water partition coefficient (Wildman–Crippen LogP) is 2.72. The number of nitrogens with zero attached hydrogens (tertiary/aromatic N) is 2. The van der Waals surface area contributed by atoms with Gasteiger partial charge in [0.05, 0.1) is 5.69 Å². The summed E-state index contributed by atoms with van der Waals surface area (Å²) in [5.74, 6) is 2.57. The summed E-state index contributed by atoms with van der Waals surface area (Å²) in [7, 11) is 0. The third-order valence-electron chi connectivity index (χ3n) is 4.46. The highest BCUT2D eigenvalue weighted by atomic mass is 15.0. The average molecular weight is 245 g/mol. The molecule has 18 heavy (non-hydrogen) atoms. The van der Waals surface area contributed by atoms with E-state index >= 15 is 0 Å². The Bertz CT molecular complexity index is 442. The van der Waals surface area contributed by atoms with E-state index in [1.165, 1.54) is 42.6 Å². The van der Waals surface area contributed by atoms with Crippen molar-refractivity contribution in [2.45, 2.75) is 58.4 Å². The largest absolute Gasteiger partial charge is 0.312 e. The molecule has 0 bridgehead atoms. The maximum Gasteiger partial charge on any atom is 0.131 e. The maximum atomic E-state index is 4.88. The SMILES string of the molecule is Cc1nc(C2CCCC(C)C2)nc2c1CNCC2. The van der Waals surface area contributed by atoms with Crippen LogP contribution in [-0.4, -0.2) is 16.5 Å². The third-order valence-corrected chi connectivity index (χ3v) is 4.46. The van der Waals surface area contributed by atoms with E-state index in [9.17, 15) is 0 Å². The number of nitrogens with one attached hydrogen (secondary N) is 1. The number of aryl methyl sites for hydroxylation is 1. The van der Waals surface area contributed by atoms with Gasteiger partial charge >= 0.3 is 0 Å². The normalized spacial score (nSPS) is 27.9. The first-order valence-electron chi connectivity index (χ1n) is 7.31. The van der Waals surface area contributed by atoms with Crippen molar-refractivity contribution in [3.63, 3.8) is 0 Å². The average Bonchev–Trinajstić information content (AvgIpc) is 2.39. The van der Waals surface area contributed by atoms with Crippen molar-refractivity contribution in [1.82, 2.24) is 15.3 Å². The molecule has 3 heteroatoms. The summed E-state index contributed by atoms with van der Waals surface area (Å²) in [6, 6.07) is 0. The Morgan fingerprint density at radius 3 is 2.94 bits per heavy atom. The summed E-state index contributed by atoms with van der Waals surface area (Å²) >= 11 is 0. The van der Waals surface area contributed by atoms with Gasteiger partial charge in [-0.25, -0.2) is 9.97 Å². The first-order chi connectivity index (χ1) is 8.74. The molecule has 3 rings (SSSR count). The molecule has 1 N–H and O–H groups in total. The fraction of sp³-hybridized carbons (Fsp3) is 0.733. The molecule has 2 heterocycles. The fourth-order valence-electron chi connectivity index (χ4n) is 3.39. The minimum Gasteiger partial charge on any atom is -0.312 e. The lowest BCUT2D eigenvalue weighted by Crippen LogP contribution is -2.27. The van der Waals surface area contributed by atoms with E-state index in [1.807, 2.05) is 0 Å². The van der Waals surface area contributed by atoms with E-state index in [1.54, 1.807) is 0 Å². The lowest BCUT2D eigenvalue weighted by atomic mass is 9.82. The summed E-state index contributed by atoms with van der Waals surface area (Å²) in [6.07, 6.45) is 6.34. The van der Waals surface area contributed by atoms with Crippen molar-refractivity contribution in [1.29, 1.82) is 0 Å². The topological polar surface area (TPSA) is 37.8 Å². The first-order valence-corrected chi connectivity index (χ1v) is 7.31. The van der Waals surface area contributed by atoms with E-state index in [2.05, 4.69) is 19.2 Å². The zero-order valence-corrected chi connectivity index (χ0v) is 11.5. The highest BCUT2D eigenvalue weighted by Gasteiger charge is 2.24. The zero-order valence-electron chi connectivity index (χ0n) is 11.5. The molecular formula is C15H23N3. The van der Waals surface area contributed by atoms with Crippen LogP contribution in [0.15, 0.2) is 0 Å². The molecule has 0 radical (unpaired) electrons. The second-order valence-electron chi connectivity index (χ2n) is 5.99. The van der Waals surface area contributed by atoms with Gasteiger partial charge in [0.2, 0.25) is 0 Å². The zero-order chi connectivity index (χ0) is 12.5. The third kappa shape index (κ3) is 2.28. The van der Waals surface area contributed by atoms with Crippen LogP contribution in [0.5, 0.6) is 0 Å². The van der Waals surface area contributed by atoms with Crippen LogP contribution in [-0.2, 0) is 13.0 Å². The van der Waals surface area contributed by atoms with E-state index in [0.29, 0.717) is 5.92 Å². The van der Waals surface area contributed by atoms with E-state index < -0.39 is 0 Å². The fourth-order valence-corrected chi connectivity index (χ4v) is 3.39. The summed E-state index contributed by atoms with van der Waals surface area (Å²) in [6.45, 7) is 6.51. The Morgan fingerprint density at radius 1 is 1.22 bits per heavy atom. The van der Waals surface area contributed by atoms with Crippen LogP contribution in [0.1, 0.15) is 61.3 Å². The second kappa shape index (κ2) is 4.96. The van der Waals surface area contributed by atoms with Crippen LogP contribution in [0.25, 0.3) is 0 Å². The van der Waals surface area contributed by atoms with E-state index in [4.69, 9.17) is 9.97 Å². The van der Waals surface area contributed by atoms with Gasteiger partial charge in [0, 0.05) is 36.7 Å². The Balaban J connectivity index is 1.90. The Hall–Kier alpha value is -0.960. The minimum absolute atomic E-state index is 0.604. The van der Waals surface area contributed by atoms with Gasteiger partial charge in [0.15, 0.2) is 0 Å². The van der Waals surface area contributed by atoms with Crippen LogP contribution in [0.3, 0.4) is 0 Å². The maximum absolute atomic E-state index is 4.88. The molecule has 1 aliphatic heterocycles. The molecule has 1 saturated carbocycles. The summed E-state index contributed by atoms with van der Waals surface area (Å²) < 4.78 is 0. The highest BCUT2D eigenvalue weighted by molar-refractivity contribution is 5.28. The van der Waals surface area contributed by atoms with Crippen molar-refractivity contribution in [2.75, 3.05) is 6.54 Å². The van der Waals surface area contributed by atoms with Crippen molar-refractivity contribution >= 4 is 0 Å². The van der Waals surface area contributed by atoms with E-state index in [-0.39, 0.29) is 0 Å². The summed E-state index contributed by atoms with van der Waals surface area (Å²) in [5, 5.41) is 3.41. The van der Waals surface area contributed by atoms with Crippen molar-refractivity contribution < 1.29 is 0 Å². The van der Waals surface area contributed by atoms with Crippen LogP contribution in [0, 0.1) is 12.8 Å². The molecular weight excluding hydrogens is 222 g/mol. The molecule has 0 aromatic carbocycles. The summed E-state index contributed by atoms with van der Waals surface area (Å²) in [5.41, 5.74) is 3.84. The number of fused-ring (bicyclic) bond motifs is 1. The number of hydrogen-bond acceptors (Lipinski definition) is 3. The lowest BCUT2D eigenvalue weighted by Gasteiger charge is -2.27. The highest BCUT2D eigenvalue weighted by Crippen LogP contribution is 2.35. The Morgan fingerprint density at radius 2 is 2.11 bits per heavy atom. The van der Waals surface area contributed by atoms with Crippen LogP contribution in [0.4, 0.5) is 0 Å². The molecule has 0 amide bonds. The van der Waals surface area contributed by atoms with Crippen LogP contribution in [0.2, 0.25) is 0 Å². The number of hydrogen-bond donors (Lipinski definition) is 1. The second-order valence-corrected chi connectivity index (χ2v) is 5.99. The van der Waals surface area contributed by atoms with Gasteiger partial charge in [0.25, 0.3) is 0 Å². The first kappa shape index (κ1) is 12.1. The van der Waals surface area contributed by atoms with Gasteiger partial charge in [0.1, 0.15) is 5.82 Å². The Kier molecular flexibility index (Phi) is 3.33. The molecule has 2 atom stereocenters. The molecule has 2 aliphatic rings. The van der Waals surface area contributed by atoms with Crippen LogP contribution < -0.4 is 5.32 Å². The molecule has 0 saturated heterocycles. The van der Waals surface area contributed by atoms with Crippen LogP contribution >= 0.6 is 0 Å². The van der Waals surface area contributed by atoms with Crippen molar-refractivity contribution in [3.8, 4) is 0 Å².